The number of nitrogens with zero attached hydrogens (tertiary/aromatic N) is 1. The van der Waals surface area contributed by atoms with Gasteiger partial charge in [-0.3, -0.25) is 0 Å². The molecule has 0 saturated carbocycles. The van der Waals surface area contributed by atoms with Crippen LogP contribution in [0.2, 0.25) is 5.02 Å². The van der Waals surface area contributed by atoms with E-state index in [1.807, 2.05) is 25.2 Å². The summed E-state index contributed by atoms with van der Waals surface area (Å²) in [6.07, 6.45) is 1.04. The first-order valence-corrected chi connectivity index (χ1v) is 7.24. The Morgan fingerprint density at radius 1 is 1.05 bits per heavy atom. The van der Waals surface area contributed by atoms with E-state index in [0.717, 1.165) is 28.4 Å². The van der Waals surface area contributed by atoms with Crippen LogP contribution in [0.4, 0.5) is 11.4 Å². The Balaban J connectivity index is 2.40. The van der Waals surface area contributed by atoms with Gasteiger partial charge in [0.1, 0.15) is 0 Å². The van der Waals surface area contributed by atoms with Gasteiger partial charge in [0.2, 0.25) is 0 Å². The lowest BCUT2D eigenvalue weighted by molar-refractivity contribution is 1.13. The molecule has 0 saturated heterocycles. The fraction of sp³-hybridized carbons (Fsp3) is 0.250. The molecule has 0 radical (unpaired) electrons. The fourth-order valence-electron chi connectivity index (χ4n) is 2.13. The zero-order valence-electron chi connectivity index (χ0n) is 11.2. The second-order valence-electron chi connectivity index (χ2n) is 4.46. The lowest BCUT2D eigenvalue weighted by Crippen LogP contribution is -2.12. The highest BCUT2D eigenvalue weighted by atomic mass is 35.5. The van der Waals surface area contributed by atoms with Crippen molar-refractivity contribution in [3.05, 3.63) is 58.6 Å². The summed E-state index contributed by atoms with van der Waals surface area (Å²) >= 11 is 12.3. The minimum atomic E-state index is 0.452. The van der Waals surface area contributed by atoms with Crippen LogP contribution in [0.3, 0.4) is 0 Å². The van der Waals surface area contributed by atoms with Crippen molar-refractivity contribution in [2.24, 2.45) is 0 Å². The fourth-order valence-corrected chi connectivity index (χ4v) is 2.66. The van der Waals surface area contributed by atoms with Gasteiger partial charge in [-0.1, -0.05) is 42.8 Å². The van der Waals surface area contributed by atoms with Gasteiger partial charge in [0.15, 0.2) is 0 Å². The lowest BCUT2D eigenvalue weighted by atomic mass is 10.1. The molecule has 0 aromatic heterocycles. The molecule has 2 aromatic carbocycles. The number of hydrogen-bond acceptors (Lipinski definition) is 1. The van der Waals surface area contributed by atoms with Crippen molar-refractivity contribution in [1.82, 2.24) is 0 Å². The Morgan fingerprint density at radius 2 is 1.74 bits per heavy atom. The topological polar surface area (TPSA) is 3.24 Å². The van der Waals surface area contributed by atoms with Crippen LogP contribution in [0.1, 0.15) is 18.1 Å². The summed E-state index contributed by atoms with van der Waals surface area (Å²) in [5.41, 5.74) is 4.45. The molecular formula is C16H17Cl2N. The van der Waals surface area contributed by atoms with E-state index in [2.05, 4.69) is 36.1 Å². The van der Waals surface area contributed by atoms with Crippen molar-refractivity contribution in [1.29, 1.82) is 0 Å². The zero-order valence-corrected chi connectivity index (χ0v) is 12.7. The van der Waals surface area contributed by atoms with E-state index >= 15 is 0 Å². The smallest absolute Gasteiger partial charge is 0.0646 e. The maximum atomic E-state index is 6.31. The van der Waals surface area contributed by atoms with Crippen LogP contribution in [0.25, 0.3) is 0 Å². The van der Waals surface area contributed by atoms with Crippen molar-refractivity contribution in [3.8, 4) is 0 Å². The highest BCUT2D eigenvalue weighted by molar-refractivity contribution is 6.33. The van der Waals surface area contributed by atoms with Crippen molar-refractivity contribution in [2.75, 3.05) is 11.9 Å². The minimum absolute atomic E-state index is 0.452. The van der Waals surface area contributed by atoms with Crippen molar-refractivity contribution < 1.29 is 0 Å². The molecule has 0 amide bonds. The summed E-state index contributed by atoms with van der Waals surface area (Å²) in [6, 6.07) is 14.3. The largest absolute Gasteiger partial charge is 0.343 e. The first kappa shape index (κ1) is 14.2. The Bertz CT molecular complexity index is 549. The van der Waals surface area contributed by atoms with Gasteiger partial charge in [-0.15, -0.1) is 11.6 Å². The Hall–Kier alpha value is -1.18. The van der Waals surface area contributed by atoms with E-state index in [-0.39, 0.29) is 0 Å². The number of hydrogen-bond donors (Lipinski definition) is 0. The predicted molar refractivity (Wildman–Crippen MR) is 84.9 cm³/mol. The molecule has 19 heavy (non-hydrogen) atoms. The molecule has 0 bridgehead atoms. The summed E-state index contributed by atoms with van der Waals surface area (Å²) < 4.78 is 0. The van der Waals surface area contributed by atoms with E-state index in [4.69, 9.17) is 23.2 Å². The number of rotatable bonds is 4. The molecule has 0 spiro atoms. The highest BCUT2D eigenvalue weighted by Gasteiger charge is 2.12. The first-order chi connectivity index (χ1) is 9.17. The maximum absolute atomic E-state index is 6.31. The van der Waals surface area contributed by atoms with E-state index in [1.54, 1.807) is 0 Å². The number of benzene rings is 2. The van der Waals surface area contributed by atoms with E-state index < -0.39 is 0 Å². The van der Waals surface area contributed by atoms with Crippen LogP contribution < -0.4 is 4.90 Å². The third kappa shape index (κ3) is 3.05. The minimum Gasteiger partial charge on any atom is -0.343 e. The number of alkyl halides is 1. The highest BCUT2D eigenvalue weighted by Crippen LogP contribution is 2.34. The molecule has 2 aromatic rings. The van der Waals surface area contributed by atoms with Crippen LogP contribution in [-0.4, -0.2) is 7.05 Å². The van der Waals surface area contributed by atoms with E-state index in [0.29, 0.717) is 5.88 Å². The van der Waals surface area contributed by atoms with E-state index in [9.17, 15) is 0 Å². The van der Waals surface area contributed by atoms with Gasteiger partial charge >= 0.3 is 0 Å². The Labute approximate surface area is 124 Å². The monoisotopic (exact) mass is 293 g/mol. The van der Waals surface area contributed by atoms with Gasteiger partial charge < -0.3 is 4.90 Å². The molecule has 0 fully saturated rings. The molecule has 0 aliphatic heterocycles. The molecule has 2 rings (SSSR count). The molecule has 0 unspecified atom stereocenters. The van der Waals surface area contributed by atoms with E-state index in [1.165, 1.54) is 5.56 Å². The average Bonchev–Trinajstić information content (AvgIpc) is 2.46. The third-order valence-electron chi connectivity index (χ3n) is 3.28. The van der Waals surface area contributed by atoms with Crippen LogP contribution in [-0.2, 0) is 12.3 Å². The summed E-state index contributed by atoms with van der Waals surface area (Å²) in [6.45, 7) is 2.15. The van der Waals surface area contributed by atoms with Crippen molar-refractivity contribution in [2.45, 2.75) is 19.2 Å². The summed E-state index contributed by atoms with van der Waals surface area (Å²) in [7, 11) is 2.01. The molecule has 0 heterocycles. The van der Waals surface area contributed by atoms with Gasteiger partial charge in [0.25, 0.3) is 0 Å². The SMILES string of the molecule is CCc1ccc(N(C)c2c(Cl)cccc2CCl)cc1. The third-order valence-corrected chi connectivity index (χ3v) is 3.87. The summed E-state index contributed by atoms with van der Waals surface area (Å²) in [4.78, 5) is 2.08. The van der Waals surface area contributed by atoms with Gasteiger partial charge in [-0.05, 0) is 35.7 Å². The predicted octanol–water partition coefficient (Wildman–Crippen LogP) is 5.41. The van der Waals surface area contributed by atoms with Gasteiger partial charge in [0, 0.05) is 18.6 Å². The average molecular weight is 294 g/mol. The Kier molecular flexibility index (Phi) is 4.73. The zero-order chi connectivity index (χ0) is 13.8. The quantitative estimate of drug-likeness (QED) is 0.681. The molecule has 0 N–H and O–H groups in total. The number of halogens is 2. The number of aryl methyl sites for hydroxylation is 1. The van der Waals surface area contributed by atoms with Crippen molar-refractivity contribution >= 4 is 34.6 Å². The van der Waals surface area contributed by atoms with Crippen LogP contribution >= 0.6 is 23.2 Å². The standard InChI is InChI=1S/C16H17Cl2N/c1-3-12-7-9-14(10-8-12)19(2)16-13(11-17)5-4-6-15(16)18/h4-10H,3,11H2,1-2H3. The molecular weight excluding hydrogens is 277 g/mol. The maximum Gasteiger partial charge on any atom is 0.0646 e. The molecule has 100 valence electrons. The first-order valence-electron chi connectivity index (χ1n) is 6.33. The summed E-state index contributed by atoms with van der Waals surface area (Å²) in [5.74, 6) is 0.452. The second-order valence-corrected chi connectivity index (χ2v) is 5.13. The second kappa shape index (κ2) is 6.31. The molecule has 0 atom stereocenters. The number of anilines is 2. The van der Waals surface area contributed by atoms with Crippen LogP contribution in [0.15, 0.2) is 42.5 Å². The van der Waals surface area contributed by atoms with Gasteiger partial charge in [-0.2, -0.15) is 0 Å². The number of para-hydroxylation sites is 1. The van der Waals surface area contributed by atoms with Crippen LogP contribution in [0, 0.1) is 0 Å². The Morgan fingerprint density at radius 3 is 2.32 bits per heavy atom. The lowest BCUT2D eigenvalue weighted by Gasteiger charge is -2.23. The molecule has 0 aliphatic rings. The van der Waals surface area contributed by atoms with Gasteiger partial charge in [0.05, 0.1) is 10.7 Å². The molecule has 0 aliphatic carbocycles. The summed E-state index contributed by atoms with van der Waals surface area (Å²) in [5, 5.41) is 0.722. The normalized spacial score (nSPS) is 10.5. The van der Waals surface area contributed by atoms with Crippen molar-refractivity contribution in [3.63, 3.8) is 0 Å². The molecule has 3 heteroatoms. The van der Waals surface area contributed by atoms with Crippen LogP contribution in [0.5, 0.6) is 0 Å². The van der Waals surface area contributed by atoms with Gasteiger partial charge in [-0.25, -0.2) is 0 Å². The molecule has 1 nitrogen and oxygen atoms in total.